The summed E-state index contributed by atoms with van der Waals surface area (Å²) in [7, 11) is 0. The summed E-state index contributed by atoms with van der Waals surface area (Å²) in [5.41, 5.74) is 4.88. The van der Waals surface area contributed by atoms with E-state index in [2.05, 4.69) is 31.4 Å². The normalized spacial score (nSPS) is 11.2. The van der Waals surface area contributed by atoms with Gasteiger partial charge in [-0.1, -0.05) is 87.0 Å². The summed E-state index contributed by atoms with van der Waals surface area (Å²) in [5, 5.41) is 11.2. The number of carbonyl (C=O) groups is 2. The highest BCUT2D eigenvalue weighted by Crippen LogP contribution is 2.29. The average molecular weight is 544 g/mol. The van der Waals surface area contributed by atoms with Crippen LogP contribution in [-0.4, -0.2) is 33.2 Å². The SMILES string of the molecule is Cc1cccc(NC(=O)N(CC(=O)Nc2cc(C(C)(C)C)nn2-c2ccccc2Cl)Cc2ccccc2)c1C. The van der Waals surface area contributed by atoms with Gasteiger partial charge in [0.1, 0.15) is 12.4 Å². The maximum Gasteiger partial charge on any atom is 0.322 e. The van der Waals surface area contributed by atoms with Crippen molar-refractivity contribution in [2.24, 2.45) is 0 Å². The predicted molar refractivity (Wildman–Crippen MR) is 158 cm³/mol. The Kier molecular flexibility index (Phi) is 8.41. The maximum absolute atomic E-state index is 13.4. The molecule has 3 aromatic carbocycles. The van der Waals surface area contributed by atoms with Crippen molar-refractivity contribution in [2.75, 3.05) is 17.2 Å². The second-order valence-electron chi connectivity index (χ2n) is 10.6. The monoisotopic (exact) mass is 543 g/mol. The van der Waals surface area contributed by atoms with Crippen LogP contribution in [0.1, 0.15) is 43.2 Å². The summed E-state index contributed by atoms with van der Waals surface area (Å²) in [6.07, 6.45) is 0. The number of benzene rings is 3. The van der Waals surface area contributed by atoms with Crippen molar-refractivity contribution in [3.63, 3.8) is 0 Å². The van der Waals surface area contributed by atoms with E-state index in [4.69, 9.17) is 16.7 Å². The predicted octanol–water partition coefficient (Wildman–Crippen LogP) is 7.11. The standard InChI is InChI=1S/C31H34ClN5O2/c1-21-12-11-16-25(22(21)2)33-30(39)36(19-23-13-7-6-8-14-23)20-29(38)34-28-18-27(31(3,4)5)35-37(28)26-17-10-9-15-24(26)32/h6-18H,19-20H2,1-5H3,(H,33,39)(H,34,38). The van der Waals surface area contributed by atoms with Crippen LogP contribution in [0.3, 0.4) is 0 Å². The molecule has 4 aromatic rings. The third-order valence-corrected chi connectivity index (χ3v) is 6.83. The van der Waals surface area contributed by atoms with Gasteiger partial charge in [0.25, 0.3) is 0 Å². The molecule has 0 saturated carbocycles. The van der Waals surface area contributed by atoms with E-state index < -0.39 is 0 Å². The Labute approximate surface area is 234 Å². The number of amides is 3. The third-order valence-electron chi connectivity index (χ3n) is 6.51. The minimum absolute atomic E-state index is 0.163. The van der Waals surface area contributed by atoms with E-state index >= 15 is 0 Å². The molecule has 4 rings (SSSR count). The number of para-hydroxylation sites is 1. The number of halogens is 1. The highest BCUT2D eigenvalue weighted by Gasteiger charge is 2.24. The molecule has 7 nitrogen and oxygen atoms in total. The van der Waals surface area contributed by atoms with Crippen LogP contribution >= 0.6 is 11.6 Å². The molecule has 0 aliphatic rings. The molecule has 0 radical (unpaired) electrons. The number of nitrogens with zero attached hydrogens (tertiary/aromatic N) is 3. The molecule has 39 heavy (non-hydrogen) atoms. The summed E-state index contributed by atoms with van der Waals surface area (Å²) >= 11 is 6.47. The molecule has 2 N–H and O–H groups in total. The van der Waals surface area contributed by atoms with Crippen LogP contribution in [-0.2, 0) is 16.8 Å². The number of urea groups is 1. The molecule has 1 heterocycles. The van der Waals surface area contributed by atoms with Crippen LogP contribution in [0, 0.1) is 13.8 Å². The van der Waals surface area contributed by atoms with Gasteiger partial charge in [-0.3, -0.25) is 4.79 Å². The molecular formula is C31H34ClN5O2. The molecular weight excluding hydrogens is 510 g/mol. The average Bonchev–Trinajstić information content (AvgIpc) is 3.31. The lowest BCUT2D eigenvalue weighted by Crippen LogP contribution is -2.40. The van der Waals surface area contributed by atoms with Gasteiger partial charge in [-0.15, -0.1) is 0 Å². The van der Waals surface area contributed by atoms with Crippen LogP contribution in [0.5, 0.6) is 0 Å². The van der Waals surface area contributed by atoms with Gasteiger partial charge < -0.3 is 15.5 Å². The van der Waals surface area contributed by atoms with E-state index in [0.29, 0.717) is 22.2 Å². The summed E-state index contributed by atoms with van der Waals surface area (Å²) in [6.45, 7) is 10.2. The topological polar surface area (TPSA) is 79.3 Å². The zero-order valence-corrected chi connectivity index (χ0v) is 23.7. The smallest absolute Gasteiger partial charge is 0.311 e. The molecule has 0 unspecified atom stereocenters. The van der Waals surface area contributed by atoms with Gasteiger partial charge in [-0.05, 0) is 48.7 Å². The van der Waals surface area contributed by atoms with Crippen molar-refractivity contribution >= 4 is 35.0 Å². The molecule has 0 bridgehead atoms. The van der Waals surface area contributed by atoms with Crippen molar-refractivity contribution < 1.29 is 9.59 Å². The Morgan fingerprint density at radius 1 is 0.923 bits per heavy atom. The van der Waals surface area contributed by atoms with Gasteiger partial charge in [0.2, 0.25) is 5.91 Å². The van der Waals surface area contributed by atoms with Gasteiger partial charge in [-0.25, -0.2) is 9.48 Å². The fourth-order valence-corrected chi connectivity index (χ4v) is 4.30. The Balaban J connectivity index is 1.61. The first-order valence-corrected chi connectivity index (χ1v) is 13.2. The number of aromatic nitrogens is 2. The third kappa shape index (κ3) is 6.86. The van der Waals surface area contributed by atoms with E-state index in [9.17, 15) is 9.59 Å². The number of hydrogen-bond donors (Lipinski definition) is 2. The van der Waals surface area contributed by atoms with Crippen molar-refractivity contribution in [1.82, 2.24) is 14.7 Å². The first-order chi connectivity index (χ1) is 18.5. The van der Waals surface area contributed by atoms with Gasteiger partial charge in [0, 0.05) is 23.7 Å². The first kappa shape index (κ1) is 27.9. The lowest BCUT2D eigenvalue weighted by atomic mass is 9.92. The lowest BCUT2D eigenvalue weighted by molar-refractivity contribution is -0.116. The van der Waals surface area contributed by atoms with E-state index in [1.54, 1.807) is 10.7 Å². The Bertz CT molecular complexity index is 1470. The van der Waals surface area contributed by atoms with E-state index in [-0.39, 0.29) is 30.4 Å². The second-order valence-corrected chi connectivity index (χ2v) is 11.0. The maximum atomic E-state index is 13.4. The Morgan fingerprint density at radius 3 is 2.31 bits per heavy atom. The van der Waals surface area contributed by atoms with E-state index in [0.717, 1.165) is 22.4 Å². The molecule has 0 fully saturated rings. The summed E-state index contributed by atoms with van der Waals surface area (Å²) in [6, 6.07) is 24.2. The Hall–Kier alpha value is -4.10. The van der Waals surface area contributed by atoms with Gasteiger partial charge >= 0.3 is 6.03 Å². The minimum Gasteiger partial charge on any atom is -0.311 e. The zero-order valence-electron chi connectivity index (χ0n) is 23.0. The summed E-state index contributed by atoms with van der Waals surface area (Å²) < 4.78 is 1.64. The number of carbonyl (C=O) groups excluding carboxylic acids is 2. The van der Waals surface area contributed by atoms with Gasteiger partial charge in [0.05, 0.1) is 16.4 Å². The van der Waals surface area contributed by atoms with E-state index in [1.165, 1.54) is 4.90 Å². The van der Waals surface area contributed by atoms with Crippen LogP contribution in [0.4, 0.5) is 16.3 Å². The fraction of sp³-hybridized carbons (Fsp3) is 0.258. The second kappa shape index (κ2) is 11.7. The molecule has 0 atom stereocenters. The number of rotatable bonds is 7. The quantitative estimate of drug-likeness (QED) is 0.260. The van der Waals surface area contributed by atoms with Crippen LogP contribution in [0.2, 0.25) is 5.02 Å². The molecule has 1 aromatic heterocycles. The van der Waals surface area contributed by atoms with Crippen molar-refractivity contribution in [3.05, 3.63) is 106 Å². The highest BCUT2D eigenvalue weighted by atomic mass is 35.5. The molecule has 0 saturated heterocycles. The van der Waals surface area contributed by atoms with Gasteiger partial charge in [0.15, 0.2) is 0 Å². The Morgan fingerprint density at radius 2 is 1.62 bits per heavy atom. The van der Waals surface area contributed by atoms with Crippen LogP contribution < -0.4 is 10.6 Å². The van der Waals surface area contributed by atoms with E-state index in [1.807, 2.05) is 86.6 Å². The number of aryl methyl sites for hydroxylation is 1. The van der Waals surface area contributed by atoms with Gasteiger partial charge in [-0.2, -0.15) is 5.10 Å². The lowest BCUT2D eigenvalue weighted by Gasteiger charge is -2.23. The number of anilines is 2. The first-order valence-electron chi connectivity index (χ1n) is 12.8. The summed E-state index contributed by atoms with van der Waals surface area (Å²) in [4.78, 5) is 28.3. The highest BCUT2D eigenvalue weighted by molar-refractivity contribution is 6.32. The molecule has 0 aliphatic carbocycles. The van der Waals surface area contributed by atoms with Crippen molar-refractivity contribution in [3.8, 4) is 5.69 Å². The van der Waals surface area contributed by atoms with Crippen molar-refractivity contribution in [1.29, 1.82) is 0 Å². The fourth-order valence-electron chi connectivity index (χ4n) is 4.08. The largest absolute Gasteiger partial charge is 0.322 e. The number of nitrogens with one attached hydrogen (secondary N) is 2. The van der Waals surface area contributed by atoms with Crippen molar-refractivity contribution in [2.45, 2.75) is 46.6 Å². The molecule has 0 spiro atoms. The molecule has 3 amide bonds. The van der Waals surface area contributed by atoms with Crippen LogP contribution in [0.15, 0.2) is 78.9 Å². The molecule has 8 heteroatoms. The molecule has 0 aliphatic heterocycles. The minimum atomic E-state index is -0.363. The molecule has 202 valence electrons. The number of hydrogen-bond acceptors (Lipinski definition) is 3. The van der Waals surface area contributed by atoms with Crippen LogP contribution in [0.25, 0.3) is 5.69 Å². The summed E-state index contributed by atoms with van der Waals surface area (Å²) in [5.74, 6) is 0.128. The zero-order chi connectivity index (χ0) is 28.2.